The first kappa shape index (κ1) is 11.2. The van der Waals surface area contributed by atoms with E-state index in [4.69, 9.17) is 5.73 Å². The highest BCUT2D eigenvalue weighted by Crippen LogP contribution is 2.11. The van der Waals surface area contributed by atoms with Crippen molar-refractivity contribution in [1.82, 2.24) is 0 Å². The van der Waals surface area contributed by atoms with Crippen LogP contribution in [0.3, 0.4) is 0 Å². The van der Waals surface area contributed by atoms with E-state index in [9.17, 15) is 13.2 Å². The molecule has 1 atom stereocenters. The summed E-state index contributed by atoms with van der Waals surface area (Å²) >= 11 is 0. The van der Waals surface area contributed by atoms with Crippen LogP contribution < -0.4 is 5.73 Å². The monoisotopic (exact) mass is 191 g/mol. The number of amides is 1. The number of allylic oxidation sites excluding steroid dienone is 2. The quantitative estimate of drug-likeness (QED) is 0.692. The summed E-state index contributed by atoms with van der Waals surface area (Å²) in [6.45, 7) is 4.32. The normalized spacial score (nSPS) is 15.8. The first-order valence-electron chi connectivity index (χ1n) is 3.50. The maximum absolute atomic E-state index is 11.3. The van der Waals surface area contributed by atoms with Crippen molar-refractivity contribution in [2.75, 3.05) is 0 Å². The number of rotatable bonds is 3. The van der Waals surface area contributed by atoms with Crippen LogP contribution in [0.25, 0.3) is 0 Å². The van der Waals surface area contributed by atoms with Crippen LogP contribution in [0.1, 0.15) is 20.8 Å². The van der Waals surface area contributed by atoms with Gasteiger partial charge in [-0.1, -0.05) is 6.08 Å². The molecule has 12 heavy (non-hydrogen) atoms. The van der Waals surface area contributed by atoms with Crippen LogP contribution in [0.4, 0.5) is 0 Å². The van der Waals surface area contributed by atoms with Gasteiger partial charge in [-0.05, 0) is 20.8 Å². The Bertz CT molecular complexity index is 303. The summed E-state index contributed by atoms with van der Waals surface area (Å²) < 4.78 is 22.7. The van der Waals surface area contributed by atoms with Crippen LogP contribution in [0.2, 0.25) is 0 Å². The first-order chi connectivity index (χ1) is 5.34. The van der Waals surface area contributed by atoms with Gasteiger partial charge in [0.05, 0.1) is 0 Å². The second kappa shape index (κ2) is 3.71. The molecule has 0 spiro atoms. The Morgan fingerprint density at radius 1 is 1.50 bits per heavy atom. The number of nitrogens with two attached hydrogens (primary N) is 1. The summed E-state index contributed by atoms with van der Waals surface area (Å²) in [5.74, 6) is -0.823. The predicted molar refractivity (Wildman–Crippen MR) is 47.0 cm³/mol. The molecule has 1 unspecified atom stereocenters. The summed E-state index contributed by atoms with van der Waals surface area (Å²) in [6, 6.07) is 0. The number of carbonyl (C=O) groups excluding carboxylic acids is 1. The third-order valence-electron chi connectivity index (χ3n) is 1.72. The topological polar surface area (TPSA) is 77.2 Å². The lowest BCUT2D eigenvalue weighted by Gasteiger charge is -2.08. The molecule has 0 aliphatic heterocycles. The molecule has 0 saturated heterocycles. The molecule has 0 rings (SSSR count). The minimum Gasteiger partial charge on any atom is -0.369 e. The highest BCUT2D eigenvalue weighted by Gasteiger charge is 2.26. The second-order valence-electron chi connectivity index (χ2n) is 2.49. The molecule has 5 heteroatoms. The molecular weight excluding hydrogens is 178 g/mol. The summed E-state index contributed by atoms with van der Waals surface area (Å²) in [7, 11) is -3.50. The van der Waals surface area contributed by atoms with Crippen molar-refractivity contribution in [3.05, 3.63) is 11.0 Å². The maximum atomic E-state index is 11.3. The zero-order chi connectivity index (χ0) is 9.94. The fraction of sp³-hybridized carbons (Fsp3) is 0.571. The highest BCUT2D eigenvalue weighted by molar-refractivity contribution is 7.96. The number of hydrogen-bond acceptors (Lipinski definition) is 3. The van der Waals surface area contributed by atoms with E-state index in [0.717, 1.165) is 0 Å². The Morgan fingerprint density at radius 2 is 1.92 bits per heavy atom. The van der Waals surface area contributed by atoms with Crippen LogP contribution >= 0.6 is 0 Å². The first-order valence-corrected chi connectivity index (χ1v) is 5.04. The SMILES string of the molecule is C/C=C(/C)S(=O)(=O)C(C)C(N)=O. The standard InChI is InChI=1S/C7H13NO3S/c1-4-5(2)12(10,11)6(3)7(8)9/h4,6H,1-3H3,(H2,8,9)/b5-4-. The minimum absolute atomic E-state index is 0.175. The van der Waals surface area contributed by atoms with Crippen LogP contribution in [0, 0.1) is 0 Å². The molecule has 0 aromatic rings. The van der Waals surface area contributed by atoms with Crippen LogP contribution in [0.15, 0.2) is 11.0 Å². The molecule has 70 valence electrons. The molecule has 0 heterocycles. The Morgan fingerprint density at radius 3 is 2.17 bits per heavy atom. The van der Waals surface area contributed by atoms with Gasteiger partial charge >= 0.3 is 0 Å². The van der Waals surface area contributed by atoms with Gasteiger partial charge in [-0.3, -0.25) is 4.79 Å². The number of primary amides is 1. The Kier molecular flexibility index (Phi) is 3.45. The van der Waals surface area contributed by atoms with Crippen LogP contribution in [-0.4, -0.2) is 19.6 Å². The van der Waals surface area contributed by atoms with E-state index in [0.29, 0.717) is 0 Å². The summed E-state index contributed by atoms with van der Waals surface area (Å²) in [5.41, 5.74) is 4.87. The van der Waals surface area contributed by atoms with E-state index >= 15 is 0 Å². The lowest BCUT2D eigenvalue weighted by atomic mass is 10.5. The molecule has 0 aliphatic rings. The second-order valence-corrected chi connectivity index (χ2v) is 4.93. The third-order valence-corrected chi connectivity index (χ3v) is 4.02. The number of hydrogen-bond donors (Lipinski definition) is 1. The van der Waals surface area contributed by atoms with Crippen molar-refractivity contribution in [1.29, 1.82) is 0 Å². The minimum atomic E-state index is -3.50. The van der Waals surface area contributed by atoms with Crippen molar-refractivity contribution >= 4 is 15.7 Å². The average molecular weight is 191 g/mol. The van der Waals surface area contributed by atoms with Crippen LogP contribution in [0.5, 0.6) is 0 Å². The van der Waals surface area contributed by atoms with Gasteiger partial charge in [0.25, 0.3) is 0 Å². The van der Waals surface area contributed by atoms with Crippen molar-refractivity contribution in [3.63, 3.8) is 0 Å². The van der Waals surface area contributed by atoms with Gasteiger partial charge in [-0.2, -0.15) is 0 Å². The zero-order valence-corrected chi connectivity index (χ0v) is 8.18. The average Bonchev–Trinajstić information content (AvgIpc) is 2.01. The molecule has 2 N–H and O–H groups in total. The molecular formula is C7H13NO3S. The third kappa shape index (κ3) is 2.07. The van der Waals surface area contributed by atoms with Gasteiger partial charge in [0.1, 0.15) is 5.25 Å². The highest BCUT2D eigenvalue weighted by atomic mass is 32.2. The summed E-state index contributed by atoms with van der Waals surface area (Å²) in [5, 5.41) is -1.14. The van der Waals surface area contributed by atoms with E-state index in [1.54, 1.807) is 6.92 Å². The summed E-state index contributed by atoms with van der Waals surface area (Å²) in [6.07, 6.45) is 1.44. The van der Waals surface area contributed by atoms with Gasteiger partial charge in [-0.25, -0.2) is 8.42 Å². The fourth-order valence-corrected chi connectivity index (χ4v) is 1.79. The molecule has 1 amide bonds. The van der Waals surface area contributed by atoms with Crippen LogP contribution in [-0.2, 0) is 14.6 Å². The Labute approximate surface area is 72.4 Å². The molecule has 0 aromatic carbocycles. The van der Waals surface area contributed by atoms with Crippen molar-refractivity contribution in [3.8, 4) is 0 Å². The van der Waals surface area contributed by atoms with Gasteiger partial charge in [0.15, 0.2) is 9.84 Å². The smallest absolute Gasteiger partial charge is 0.235 e. The van der Waals surface area contributed by atoms with E-state index in [2.05, 4.69) is 0 Å². The largest absolute Gasteiger partial charge is 0.369 e. The molecule has 4 nitrogen and oxygen atoms in total. The van der Waals surface area contributed by atoms with Gasteiger partial charge in [0.2, 0.25) is 5.91 Å². The van der Waals surface area contributed by atoms with E-state index in [1.165, 1.54) is 19.9 Å². The van der Waals surface area contributed by atoms with E-state index < -0.39 is 21.0 Å². The lowest BCUT2D eigenvalue weighted by molar-refractivity contribution is -0.117. The lowest BCUT2D eigenvalue weighted by Crippen LogP contribution is -2.33. The van der Waals surface area contributed by atoms with Gasteiger partial charge in [0, 0.05) is 4.91 Å². The molecule has 0 aromatic heterocycles. The molecule has 0 aliphatic carbocycles. The molecule has 0 bridgehead atoms. The van der Waals surface area contributed by atoms with Gasteiger partial charge < -0.3 is 5.73 Å². The van der Waals surface area contributed by atoms with Crippen molar-refractivity contribution in [2.45, 2.75) is 26.0 Å². The predicted octanol–water partition coefficient (Wildman–Crippen LogP) is 0.199. The molecule has 0 saturated carbocycles. The fourth-order valence-electron chi connectivity index (χ4n) is 0.596. The summed E-state index contributed by atoms with van der Waals surface area (Å²) in [4.78, 5) is 10.8. The maximum Gasteiger partial charge on any atom is 0.235 e. The number of sulfone groups is 1. The Hall–Kier alpha value is -0.840. The van der Waals surface area contributed by atoms with Crippen molar-refractivity contribution < 1.29 is 13.2 Å². The van der Waals surface area contributed by atoms with Crippen molar-refractivity contribution in [2.24, 2.45) is 5.73 Å². The number of carbonyl (C=O) groups is 1. The zero-order valence-electron chi connectivity index (χ0n) is 7.37. The molecule has 0 radical (unpaired) electrons. The van der Waals surface area contributed by atoms with Gasteiger partial charge in [-0.15, -0.1) is 0 Å². The van der Waals surface area contributed by atoms with E-state index in [1.807, 2.05) is 0 Å². The molecule has 0 fully saturated rings. The van der Waals surface area contributed by atoms with E-state index in [-0.39, 0.29) is 4.91 Å². The Balaban J connectivity index is 5.02.